The summed E-state index contributed by atoms with van der Waals surface area (Å²) in [5.74, 6) is 0.587. The van der Waals surface area contributed by atoms with Crippen molar-refractivity contribution in [3.63, 3.8) is 0 Å². The zero-order chi connectivity index (χ0) is 18.8. The zero-order valence-electron chi connectivity index (χ0n) is 14.4. The van der Waals surface area contributed by atoms with E-state index in [0.717, 1.165) is 5.56 Å². The van der Waals surface area contributed by atoms with E-state index < -0.39 is 18.5 Å². The number of carbonyl (C=O) groups is 1. The minimum Gasteiger partial charge on any atom is -0.490 e. The van der Waals surface area contributed by atoms with Gasteiger partial charge in [-0.2, -0.15) is 8.78 Å². The first-order valence-corrected chi connectivity index (χ1v) is 8.11. The number of hydrogen-bond donors (Lipinski definition) is 0. The van der Waals surface area contributed by atoms with Gasteiger partial charge in [-0.05, 0) is 42.8 Å². The lowest BCUT2D eigenvalue weighted by molar-refractivity contribution is -0.143. The predicted octanol–water partition coefficient (Wildman–Crippen LogP) is 4.67. The van der Waals surface area contributed by atoms with Gasteiger partial charge in [-0.3, -0.25) is 4.79 Å². The number of esters is 1. The molecule has 0 spiro atoms. The van der Waals surface area contributed by atoms with E-state index in [9.17, 15) is 13.6 Å². The van der Waals surface area contributed by atoms with Crippen LogP contribution in [0.1, 0.15) is 17.5 Å². The van der Waals surface area contributed by atoms with Gasteiger partial charge in [-0.1, -0.05) is 29.8 Å². The van der Waals surface area contributed by atoms with Crippen LogP contribution in [-0.4, -0.2) is 19.2 Å². The van der Waals surface area contributed by atoms with Gasteiger partial charge in [0.2, 0.25) is 0 Å². The molecule has 2 aromatic carbocycles. The molecular weight excluding hydrogens is 342 g/mol. The molecule has 4 nitrogen and oxygen atoms in total. The predicted molar refractivity (Wildman–Crippen MR) is 93.3 cm³/mol. The van der Waals surface area contributed by atoms with Crippen molar-refractivity contribution in [3.8, 4) is 11.5 Å². The van der Waals surface area contributed by atoms with Crippen molar-refractivity contribution in [1.82, 2.24) is 0 Å². The summed E-state index contributed by atoms with van der Waals surface area (Å²) in [7, 11) is 0. The first-order valence-electron chi connectivity index (χ1n) is 8.11. The van der Waals surface area contributed by atoms with Crippen molar-refractivity contribution in [3.05, 3.63) is 71.8 Å². The van der Waals surface area contributed by atoms with E-state index in [1.807, 2.05) is 31.2 Å². The third-order valence-corrected chi connectivity index (χ3v) is 3.39. The normalized spacial score (nSPS) is 10.1. The van der Waals surface area contributed by atoms with Crippen LogP contribution in [-0.2, 0) is 16.1 Å². The summed E-state index contributed by atoms with van der Waals surface area (Å²) in [4.78, 5) is 11.1. The molecule has 0 saturated carbocycles. The lowest BCUT2D eigenvalue weighted by Gasteiger charge is -2.09. The minimum atomic E-state index is -1.90. The molecule has 0 heterocycles. The number of halogens is 2. The molecule has 0 aromatic heterocycles. The van der Waals surface area contributed by atoms with Gasteiger partial charge in [0.1, 0.15) is 31.3 Å². The van der Waals surface area contributed by atoms with Crippen molar-refractivity contribution in [2.75, 3.05) is 13.2 Å². The summed E-state index contributed by atoms with van der Waals surface area (Å²) in [5.41, 5.74) is 2.28. The van der Waals surface area contributed by atoms with Crippen LogP contribution in [0.3, 0.4) is 0 Å². The van der Waals surface area contributed by atoms with Crippen molar-refractivity contribution >= 4 is 5.97 Å². The lowest BCUT2D eigenvalue weighted by atomic mass is 10.2. The molecule has 138 valence electrons. The van der Waals surface area contributed by atoms with E-state index in [1.165, 1.54) is 5.56 Å². The first kappa shape index (κ1) is 19.4. The van der Waals surface area contributed by atoms with Gasteiger partial charge in [-0.25, -0.2) is 0 Å². The maximum Gasteiger partial charge on any atom is 0.309 e. The van der Waals surface area contributed by atoms with Crippen LogP contribution in [0.5, 0.6) is 11.5 Å². The Kier molecular flexibility index (Phi) is 7.61. The topological polar surface area (TPSA) is 44.8 Å². The Labute approximate surface area is 151 Å². The largest absolute Gasteiger partial charge is 0.490 e. The quantitative estimate of drug-likeness (QED) is 0.480. The fraction of sp³-hybridized carbons (Fsp3) is 0.250. The fourth-order valence-electron chi connectivity index (χ4n) is 2.02. The smallest absolute Gasteiger partial charge is 0.309 e. The molecule has 0 radical (unpaired) electrons. The number of hydrogen-bond acceptors (Lipinski definition) is 4. The van der Waals surface area contributed by atoms with Crippen LogP contribution in [0.25, 0.3) is 0 Å². The molecule has 0 aliphatic heterocycles. The summed E-state index contributed by atoms with van der Waals surface area (Å²) in [5, 5.41) is 0. The molecule has 0 aliphatic carbocycles. The first-order chi connectivity index (χ1) is 12.5. The van der Waals surface area contributed by atoms with Gasteiger partial charge < -0.3 is 14.2 Å². The van der Waals surface area contributed by atoms with Crippen LogP contribution in [0.2, 0.25) is 0 Å². The third-order valence-electron chi connectivity index (χ3n) is 3.39. The molecule has 0 amide bonds. The summed E-state index contributed by atoms with van der Waals surface area (Å²) >= 11 is 0. The molecule has 0 saturated heterocycles. The highest BCUT2D eigenvalue weighted by atomic mass is 19.3. The number of carbonyl (C=O) groups excluding carboxylic acids is 1. The minimum absolute atomic E-state index is 0.00769. The summed E-state index contributed by atoms with van der Waals surface area (Å²) in [6, 6.07) is 15.2. The molecule has 0 unspecified atom stereocenters. The summed E-state index contributed by atoms with van der Waals surface area (Å²) < 4.78 is 39.5. The zero-order valence-corrected chi connectivity index (χ0v) is 14.4. The number of rotatable bonds is 9. The number of benzene rings is 2. The molecule has 26 heavy (non-hydrogen) atoms. The van der Waals surface area contributed by atoms with Crippen molar-refractivity contribution < 1.29 is 27.8 Å². The van der Waals surface area contributed by atoms with Crippen molar-refractivity contribution in [2.45, 2.75) is 20.0 Å². The third kappa shape index (κ3) is 7.34. The second-order valence-corrected chi connectivity index (χ2v) is 5.51. The molecule has 0 N–H and O–H groups in total. The molecule has 6 heteroatoms. The average molecular weight is 362 g/mol. The van der Waals surface area contributed by atoms with Crippen LogP contribution < -0.4 is 9.47 Å². The van der Waals surface area contributed by atoms with Crippen molar-refractivity contribution in [1.29, 1.82) is 0 Å². The molecule has 0 aliphatic rings. The van der Waals surface area contributed by atoms with E-state index in [2.05, 4.69) is 0 Å². The maximum atomic E-state index is 11.8. The van der Waals surface area contributed by atoms with Gasteiger partial charge in [0.15, 0.2) is 0 Å². The highest BCUT2D eigenvalue weighted by molar-refractivity contribution is 5.71. The monoisotopic (exact) mass is 362 g/mol. The van der Waals surface area contributed by atoms with E-state index in [1.54, 1.807) is 24.3 Å². The van der Waals surface area contributed by atoms with E-state index >= 15 is 0 Å². The molecular formula is C20H20F2O4. The van der Waals surface area contributed by atoms with Gasteiger partial charge in [0, 0.05) is 0 Å². The Hall–Kier alpha value is -2.89. The molecule has 2 aromatic rings. The van der Waals surface area contributed by atoms with Crippen LogP contribution in [0, 0.1) is 6.92 Å². The SMILES string of the molecule is Cc1ccc(COc2ccc(OCCOC(=O)CC=C(F)F)cc2)cc1. The van der Waals surface area contributed by atoms with Crippen LogP contribution in [0.4, 0.5) is 8.78 Å². The van der Waals surface area contributed by atoms with Crippen LogP contribution in [0.15, 0.2) is 60.7 Å². The Morgan fingerprint density at radius 1 is 0.923 bits per heavy atom. The second-order valence-electron chi connectivity index (χ2n) is 5.51. The van der Waals surface area contributed by atoms with Crippen LogP contribution >= 0.6 is 0 Å². The van der Waals surface area contributed by atoms with Gasteiger partial charge in [0.05, 0.1) is 6.42 Å². The Balaban J connectivity index is 1.68. The number of ether oxygens (including phenoxy) is 3. The fourth-order valence-corrected chi connectivity index (χ4v) is 2.02. The Morgan fingerprint density at radius 2 is 1.54 bits per heavy atom. The summed E-state index contributed by atoms with van der Waals surface area (Å²) in [6.07, 6.45) is -1.84. The second kappa shape index (κ2) is 10.2. The molecule has 0 bridgehead atoms. The van der Waals surface area contributed by atoms with Gasteiger partial charge >= 0.3 is 5.97 Å². The Morgan fingerprint density at radius 3 is 2.15 bits per heavy atom. The highest BCUT2D eigenvalue weighted by Gasteiger charge is 2.03. The maximum absolute atomic E-state index is 11.8. The average Bonchev–Trinajstić information content (AvgIpc) is 2.64. The molecule has 0 fully saturated rings. The van der Waals surface area contributed by atoms with Crippen molar-refractivity contribution in [2.24, 2.45) is 0 Å². The number of aryl methyl sites for hydroxylation is 1. The van der Waals surface area contributed by atoms with Gasteiger partial charge in [0.25, 0.3) is 6.08 Å². The Bertz CT molecular complexity index is 720. The molecule has 0 atom stereocenters. The van der Waals surface area contributed by atoms with E-state index in [0.29, 0.717) is 24.2 Å². The molecule has 2 rings (SSSR count). The lowest BCUT2D eigenvalue weighted by Crippen LogP contribution is -2.11. The van der Waals surface area contributed by atoms with E-state index in [4.69, 9.17) is 14.2 Å². The van der Waals surface area contributed by atoms with E-state index in [-0.39, 0.29) is 13.2 Å². The van der Waals surface area contributed by atoms with Gasteiger partial charge in [-0.15, -0.1) is 0 Å². The summed E-state index contributed by atoms with van der Waals surface area (Å²) in [6.45, 7) is 2.64. The standard InChI is InChI=1S/C20H20F2O4/c1-15-2-4-16(5-3-15)14-26-18-8-6-17(7-9-18)24-12-13-25-20(23)11-10-19(21)22/h2-10H,11-14H2,1H3. The highest BCUT2D eigenvalue weighted by Crippen LogP contribution is 2.18.